The molecule has 0 saturated carbocycles. The fourth-order valence-electron chi connectivity index (χ4n) is 1.19. The van der Waals surface area contributed by atoms with Crippen LogP contribution in [0, 0.1) is 0 Å². The molecule has 0 amide bonds. The number of rotatable bonds is 4. The predicted molar refractivity (Wildman–Crippen MR) is 57.5 cm³/mol. The first kappa shape index (κ1) is 10.4. The highest BCUT2D eigenvalue weighted by molar-refractivity contribution is 7.98. The highest BCUT2D eigenvalue weighted by Gasteiger charge is 2.01. The van der Waals surface area contributed by atoms with E-state index in [9.17, 15) is 0 Å². The number of thioether (sulfide) groups is 1. The van der Waals surface area contributed by atoms with E-state index >= 15 is 0 Å². The summed E-state index contributed by atoms with van der Waals surface area (Å²) in [6.45, 7) is 0.903. The second-order valence-corrected chi connectivity index (χ2v) is 3.56. The summed E-state index contributed by atoms with van der Waals surface area (Å²) in [4.78, 5) is 1.27. The molecule has 0 aliphatic rings. The van der Waals surface area contributed by atoms with Gasteiger partial charge in [-0.25, -0.2) is 0 Å². The van der Waals surface area contributed by atoms with E-state index < -0.39 is 0 Å². The maximum absolute atomic E-state index is 5.16. The molecule has 0 saturated heterocycles. The van der Waals surface area contributed by atoms with Crippen molar-refractivity contribution < 1.29 is 4.74 Å². The third-order valence-electron chi connectivity index (χ3n) is 1.86. The molecule has 1 rings (SSSR count). The molecule has 1 aromatic rings. The van der Waals surface area contributed by atoms with Gasteiger partial charge in [0.15, 0.2) is 0 Å². The molecule has 1 N–H and O–H groups in total. The Morgan fingerprint density at radius 1 is 1.46 bits per heavy atom. The quantitative estimate of drug-likeness (QED) is 0.747. The number of benzene rings is 1. The summed E-state index contributed by atoms with van der Waals surface area (Å²) in [6, 6.07) is 6.16. The fraction of sp³-hybridized carbons (Fsp3) is 0.400. The van der Waals surface area contributed by atoms with Gasteiger partial charge < -0.3 is 10.1 Å². The van der Waals surface area contributed by atoms with Crippen molar-refractivity contribution in [2.45, 2.75) is 11.4 Å². The van der Waals surface area contributed by atoms with Crippen LogP contribution in [0.4, 0.5) is 0 Å². The van der Waals surface area contributed by atoms with E-state index in [4.69, 9.17) is 4.74 Å². The number of nitrogens with one attached hydrogen (secondary N) is 1. The minimum Gasteiger partial charge on any atom is -0.497 e. The van der Waals surface area contributed by atoms with Gasteiger partial charge in [0.1, 0.15) is 5.75 Å². The molecular formula is C10H15NOS. The van der Waals surface area contributed by atoms with Crippen molar-refractivity contribution in [3.8, 4) is 5.75 Å². The highest BCUT2D eigenvalue weighted by atomic mass is 32.2. The number of hydrogen-bond acceptors (Lipinski definition) is 3. The first-order chi connectivity index (χ1) is 6.31. The Morgan fingerprint density at radius 3 is 2.77 bits per heavy atom. The van der Waals surface area contributed by atoms with Gasteiger partial charge in [-0.05, 0) is 31.0 Å². The molecule has 0 radical (unpaired) electrons. The van der Waals surface area contributed by atoms with Crippen molar-refractivity contribution >= 4 is 11.8 Å². The van der Waals surface area contributed by atoms with Crippen molar-refractivity contribution in [2.75, 3.05) is 20.4 Å². The minimum atomic E-state index is 0.903. The molecule has 3 heteroatoms. The molecule has 0 aromatic heterocycles. The van der Waals surface area contributed by atoms with Gasteiger partial charge >= 0.3 is 0 Å². The topological polar surface area (TPSA) is 21.3 Å². The van der Waals surface area contributed by atoms with E-state index in [-0.39, 0.29) is 0 Å². The SMILES string of the molecule is CNCc1ccc(OC)cc1SC. The second kappa shape index (κ2) is 5.14. The molecule has 2 nitrogen and oxygen atoms in total. The van der Waals surface area contributed by atoms with Gasteiger partial charge in [0, 0.05) is 11.4 Å². The van der Waals surface area contributed by atoms with Crippen LogP contribution in [-0.4, -0.2) is 20.4 Å². The summed E-state index contributed by atoms with van der Waals surface area (Å²) in [5, 5.41) is 3.14. The molecule has 1 aromatic carbocycles. The van der Waals surface area contributed by atoms with Crippen LogP contribution in [0.5, 0.6) is 5.75 Å². The van der Waals surface area contributed by atoms with Crippen LogP contribution >= 0.6 is 11.8 Å². The lowest BCUT2D eigenvalue weighted by molar-refractivity contribution is 0.413. The van der Waals surface area contributed by atoms with Crippen molar-refractivity contribution in [1.29, 1.82) is 0 Å². The van der Waals surface area contributed by atoms with Crippen LogP contribution < -0.4 is 10.1 Å². The smallest absolute Gasteiger partial charge is 0.119 e. The molecule has 13 heavy (non-hydrogen) atoms. The summed E-state index contributed by atoms with van der Waals surface area (Å²) in [5.41, 5.74) is 1.32. The standard InChI is InChI=1S/C10H15NOS/c1-11-7-8-4-5-9(12-2)6-10(8)13-3/h4-6,11H,7H2,1-3H3. The van der Waals surface area contributed by atoms with Crippen molar-refractivity contribution in [2.24, 2.45) is 0 Å². The van der Waals surface area contributed by atoms with E-state index in [1.807, 2.05) is 13.1 Å². The first-order valence-electron chi connectivity index (χ1n) is 4.17. The molecule has 0 fully saturated rings. The average Bonchev–Trinajstić information content (AvgIpc) is 2.19. The summed E-state index contributed by atoms with van der Waals surface area (Å²) in [6.07, 6.45) is 2.08. The van der Waals surface area contributed by atoms with Crippen LogP contribution in [-0.2, 0) is 6.54 Å². The first-order valence-corrected chi connectivity index (χ1v) is 5.39. The highest BCUT2D eigenvalue weighted by Crippen LogP contribution is 2.25. The predicted octanol–water partition coefficient (Wildman–Crippen LogP) is 2.14. The van der Waals surface area contributed by atoms with Gasteiger partial charge in [0.05, 0.1) is 7.11 Å². The normalized spacial score (nSPS) is 10.1. The van der Waals surface area contributed by atoms with E-state index in [0.29, 0.717) is 0 Å². The largest absolute Gasteiger partial charge is 0.497 e. The molecule has 0 bridgehead atoms. The molecule has 0 heterocycles. The Morgan fingerprint density at radius 2 is 2.23 bits per heavy atom. The molecule has 0 unspecified atom stereocenters. The molecule has 0 aliphatic heterocycles. The molecule has 72 valence electrons. The van der Waals surface area contributed by atoms with Crippen molar-refractivity contribution in [3.05, 3.63) is 23.8 Å². The lowest BCUT2D eigenvalue weighted by Crippen LogP contribution is -2.06. The Kier molecular flexibility index (Phi) is 4.12. The number of hydrogen-bond donors (Lipinski definition) is 1. The van der Waals surface area contributed by atoms with Crippen LogP contribution in [0.2, 0.25) is 0 Å². The van der Waals surface area contributed by atoms with E-state index in [1.54, 1.807) is 18.9 Å². The fourth-order valence-corrected chi connectivity index (χ4v) is 1.82. The summed E-state index contributed by atoms with van der Waals surface area (Å²) in [5.74, 6) is 0.921. The van der Waals surface area contributed by atoms with Gasteiger partial charge in [0.2, 0.25) is 0 Å². The molecular weight excluding hydrogens is 182 g/mol. The maximum atomic E-state index is 5.16. The van der Waals surface area contributed by atoms with Crippen LogP contribution in [0.3, 0.4) is 0 Å². The zero-order chi connectivity index (χ0) is 9.68. The zero-order valence-electron chi connectivity index (χ0n) is 8.26. The van der Waals surface area contributed by atoms with Crippen LogP contribution in [0.15, 0.2) is 23.1 Å². The molecule has 0 atom stereocenters. The number of ether oxygens (including phenoxy) is 1. The Bertz CT molecular complexity index is 276. The Balaban J connectivity index is 2.93. The van der Waals surface area contributed by atoms with Crippen LogP contribution in [0.1, 0.15) is 5.56 Å². The van der Waals surface area contributed by atoms with Gasteiger partial charge in [-0.1, -0.05) is 6.07 Å². The van der Waals surface area contributed by atoms with Crippen molar-refractivity contribution in [1.82, 2.24) is 5.32 Å². The summed E-state index contributed by atoms with van der Waals surface area (Å²) in [7, 11) is 3.64. The van der Waals surface area contributed by atoms with Gasteiger partial charge in [-0.3, -0.25) is 0 Å². The van der Waals surface area contributed by atoms with Crippen LogP contribution in [0.25, 0.3) is 0 Å². The van der Waals surface area contributed by atoms with Gasteiger partial charge in [-0.2, -0.15) is 0 Å². The monoisotopic (exact) mass is 197 g/mol. The van der Waals surface area contributed by atoms with E-state index in [1.165, 1.54) is 10.5 Å². The van der Waals surface area contributed by atoms with Gasteiger partial charge in [0.25, 0.3) is 0 Å². The summed E-state index contributed by atoms with van der Waals surface area (Å²) < 4.78 is 5.16. The molecule has 0 aliphatic carbocycles. The number of methoxy groups -OCH3 is 1. The lowest BCUT2D eigenvalue weighted by atomic mass is 10.2. The zero-order valence-corrected chi connectivity index (χ0v) is 9.07. The van der Waals surface area contributed by atoms with Crippen molar-refractivity contribution in [3.63, 3.8) is 0 Å². The van der Waals surface area contributed by atoms with E-state index in [0.717, 1.165) is 12.3 Å². The van der Waals surface area contributed by atoms with E-state index in [2.05, 4.69) is 23.7 Å². The minimum absolute atomic E-state index is 0.903. The average molecular weight is 197 g/mol. The Hall–Kier alpha value is -0.670. The molecule has 0 spiro atoms. The third-order valence-corrected chi connectivity index (χ3v) is 2.68. The third kappa shape index (κ3) is 2.64. The maximum Gasteiger partial charge on any atom is 0.119 e. The van der Waals surface area contributed by atoms with Gasteiger partial charge in [-0.15, -0.1) is 11.8 Å². The summed E-state index contributed by atoms with van der Waals surface area (Å²) >= 11 is 1.74. The second-order valence-electron chi connectivity index (χ2n) is 2.71. The Labute approximate surface area is 83.7 Å². The lowest BCUT2D eigenvalue weighted by Gasteiger charge is -2.08.